The molecule has 3 nitrogen and oxygen atoms in total. The van der Waals surface area contributed by atoms with Crippen LogP contribution in [0, 0.1) is 0 Å². The van der Waals surface area contributed by atoms with E-state index in [2.05, 4.69) is 10.1 Å². The topological polar surface area (TPSA) is 30.5 Å². The molecule has 0 bridgehead atoms. The van der Waals surface area contributed by atoms with E-state index in [0.717, 1.165) is 11.3 Å². The van der Waals surface area contributed by atoms with Gasteiger partial charge in [0.15, 0.2) is 0 Å². The summed E-state index contributed by atoms with van der Waals surface area (Å²) in [5.74, 6) is -0.199. The van der Waals surface area contributed by atoms with Crippen molar-refractivity contribution in [2.75, 3.05) is 12.4 Å². The van der Waals surface area contributed by atoms with E-state index >= 15 is 0 Å². The minimum atomic E-state index is -4.70. The number of rotatable bonds is 6. The van der Waals surface area contributed by atoms with Crippen LogP contribution < -0.4 is 10.1 Å². The van der Waals surface area contributed by atoms with Gasteiger partial charge < -0.3 is 14.8 Å². The fourth-order valence-electron chi connectivity index (χ4n) is 2.01. The van der Waals surface area contributed by atoms with Crippen LogP contribution in [0.1, 0.15) is 11.1 Å². The van der Waals surface area contributed by atoms with Gasteiger partial charge in [-0.2, -0.15) is 0 Å². The van der Waals surface area contributed by atoms with Crippen molar-refractivity contribution in [1.82, 2.24) is 0 Å². The van der Waals surface area contributed by atoms with Gasteiger partial charge >= 0.3 is 6.36 Å². The van der Waals surface area contributed by atoms with Crippen LogP contribution in [-0.4, -0.2) is 13.5 Å². The van der Waals surface area contributed by atoms with Crippen LogP contribution in [0.3, 0.4) is 0 Å². The minimum absolute atomic E-state index is 0.199. The molecule has 1 N–H and O–H groups in total. The Morgan fingerprint density at radius 3 is 2.55 bits per heavy atom. The standard InChI is InChI=1S/C16H16F3NO2/c1-21-11-12-5-4-7-14(9-12)20-10-13-6-2-3-8-15(13)22-16(17,18)19/h2-9,20H,10-11H2,1H3. The SMILES string of the molecule is COCc1cccc(NCc2ccccc2OC(F)(F)F)c1. The van der Waals surface area contributed by atoms with Gasteiger partial charge in [0.25, 0.3) is 0 Å². The van der Waals surface area contributed by atoms with Gasteiger partial charge in [0.2, 0.25) is 0 Å². The fraction of sp³-hybridized carbons (Fsp3) is 0.250. The Kier molecular flexibility index (Phi) is 5.27. The van der Waals surface area contributed by atoms with E-state index < -0.39 is 6.36 Å². The molecule has 0 fully saturated rings. The third-order valence-electron chi connectivity index (χ3n) is 2.92. The Morgan fingerprint density at radius 2 is 1.82 bits per heavy atom. The summed E-state index contributed by atoms with van der Waals surface area (Å²) < 4.78 is 46.2. The van der Waals surface area contributed by atoms with Gasteiger partial charge in [0.05, 0.1) is 6.61 Å². The molecule has 0 aliphatic rings. The third kappa shape index (κ3) is 4.96. The fourth-order valence-corrected chi connectivity index (χ4v) is 2.01. The normalized spacial score (nSPS) is 11.3. The second kappa shape index (κ2) is 7.17. The van der Waals surface area contributed by atoms with Crippen molar-refractivity contribution in [3.8, 4) is 5.75 Å². The molecule has 0 saturated carbocycles. The van der Waals surface area contributed by atoms with Gasteiger partial charge in [-0.1, -0.05) is 30.3 Å². The summed E-state index contributed by atoms with van der Waals surface area (Å²) >= 11 is 0. The zero-order chi connectivity index (χ0) is 16.0. The average molecular weight is 311 g/mol. The smallest absolute Gasteiger partial charge is 0.405 e. The van der Waals surface area contributed by atoms with E-state index in [1.54, 1.807) is 19.2 Å². The van der Waals surface area contributed by atoms with Gasteiger partial charge in [-0.05, 0) is 23.8 Å². The highest BCUT2D eigenvalue weighted by Gasteiger charge is 2.31. The van der Waals surface area contributed by atoms with Gasteiger partial charge in [-0.25, -0.2) is 0 Å². The number of benzene rings is 2. The van der Waals surface area contributed by atoms with Crippen molar-refractivity contribution >= 4 is 5.69 Å². The van der Waals surface area contributed by atoms with Crippen LogP contribution in [0.25, 0.3) is 0 Å². The Bertz CT molecular complexity index is 614. The molecule has 0 aromatic heterocycles. The molecule has 0 amide bonds. The highest BCUT2D eigenvalue weighted by molar-refractivity contribution is 5.47. The number of nitrogens with one attached hydrogen (secondary N) is 1. The lowest BCUT2D eigenvalue weighted by Gasteiger charge is -2.14. The van der Waals surface area contributed by atoms with Crippen LogP contribution in [0.15, 0.2) is 48.5 Å². The summed E-state index contributed by atoms with van der Waals surface area (Å²) in [6.07, 6.45) is -4.70. The van der Waals surface area contributed by atoms with E-state index in [1.807, 2.05) is 24.3 Å². The van der Waals surface area contributed by atoms with Gasteiger partial charge in [-0.3, -0.25) is 0 Å². The molecule has 2 rings (SSSR count). The third-order valence-corrected chi connectivity index (χ3v) is 2.92. The lowest BCUT2D eigenvalue weighted by Crippen LogP contribution is -2.18. The van der Waals surface area contributed by atoms with E-state index in [0.29, 0.717) is 12.2 Å². The number of halogens is 3. The molecule has 0 aliphatic heterocycles. The van der Waals surface area contributed by atoms with E-state index in [9.17, 15) is 13.2 Å². The molecule has 6 heteroatoms. The summed E-state index contributed by atoms with van der Waals surface area (Å²) in [6, 6.07) is 13.6. The highest BCUT2D eigenvalue weighted by Crippen LogP contribution is 2.26. The number of anilines is 1. The highest BCUT2D eigenvalue weighted by atomic mass is 19.4. The molecule has 0 spiro atoms. The number of hydrogen-bond donors (Lipinski definition) is 1. The summed E-state index contributed by atoms with van der Waals surface area (Å²) in [6.45, 7) is 0.700. The minimum Gasteiger partial charge on any atom is -0.405 e. The summed E-state index contributed by atoms with van der Waals surface area (Å²) in [5, 5.41) is 3.08. The number of hydrogen-bond acceptors (Lipinski definition) is 3. The molecule has 118 valence electrons. The maximum Gasteiger partial charge on any atom is 0.573 e. The largest absolute Gasteiger partial charge is 0.573 e. The molecule has 0 unspecified atom stereocenters. The first-order valence-electron chi connectivity index (χ1n) is 6.63. The molecular formula is C16H16F3NO2. The Balaban J connectivity index is 2.07. The van der Waals surface area contributed by atoms with Crippen LogP contribution in [-0.2, 0) is 17.9 Å². The van der Waals surface area contributed by atoms with Crippen LogP contribution in [0.4, 0.5) is 18.9 Å². The second-order valence-corrected chi connectivity index (χ2v) is 4.64. The maximum atomic E-state index is 12.4. The summed E-state index contributed by atoms with van der Waals surface area (Å²) in [7, 11) is 1.60. The predicted octanol–water partition coefficient (Wildman–Crippen LogP) is 4.34. The average Bonchev–Trinajstić information content (AvgIpc) is 2.46. The number of methoxy groups -OCH3 is 1. The van der Waals surface area contributed by atoms with Gasteiger partial charge in [0.1, 0.15) is 5.75 Å². The van der Waals surface area contributed by atoms with Crippen molar-refractivity contribution in [1.29, 1.82) is 0 Å². The molecule has 0 atom stereocenters. The van der Waals surface area contributed by atoms with E-state index in [-0.39, 0.29) is 12.3 Å². The molecule has 0 aliphatic carbocycles. The zero-order valence-electron chi connectivity index (χ0n) is 12.0. The Labute approximate surface area is 126 Å². The Morgan fingerprint density at radius 1 is 1.05 bits per heavy atom. The molecule has 0 saturated heterocycles. The molecule has 22 heavy (non-hydrogen) atoms. The zero-order valence-corrected chi connectivity index (χ0v) is 12.0. The van der Waals surface area contributed by atoms with Crippen molar-refractivity contribution in [2.24, 2.45) is 0 Å². The van der Waals surface area contributed by atoms with E-state index in [1.165, 1.54) is 12.1 Å². The van der Waals surface area contributed by atoms with Crippen LogP contribution >= 0.6 is 0 Å². The molecular weight excluding hydrogens is 295 g/mol. The van der Waals surface area contributed by atoms with Crippen molar-refractivity contribution in [3.05, 3.63) is 59.7 Å². The molecule has 0 radical (unpaired) electrons. The molecule has 2 aromatic carbocycles. The first-order valence-corrected chi connectivity index (χ1v) is 6.63. The first kappa shape index (κ1) is 16.2. The monoisotopic (exact) mass is 311 g/mol. The first-order chi connectivity index (χ1) is 10.5. The van der Waals surface area contributed by atoms with Gasteiger partial charge in [0, 0.05) is 24.9 Å². The van der Waals surface area contributed by atoms with Crippen LogP contribution in [0.5, 0.6) is 5.75 Å². The molecule has 2 aromatic rings. The second-order valence-electron chi connectivity index (χ2n) is 4.64. The number of para-hydroxylation sites is 1. The van der Waals surface area contributed by atoms with Crippen molar-refractivity contribution in [3.63, 3.8) is 0 Å². The lowest BCUT2D eigenvalue weighted by molar-refractivity contribution is -0.274. The lowest BCUT2D eigenvalue weighted by atomic mass is 10.1. The Hall–Kier alpha value is -2.21. The quantitative estimate of drug-likeness (QED) is 0.860. The summed E-state index contributed by atoms with van der Waals surface area (Å²) in [5.41, 5.74) is 2.21. The predicted molar refractivity (Wildman–Crippen MR) is 77.6 cm³/mol. The number of alkyl halides is 3. The van der Waals surface area contributed by atoms with Crippen molar-refractivity contribution in [2.45, 2.75) is 19.5 Å². The van der Waals surface area contributed by atoms with Crippen molar-refractivity contribution < 1.29 is 22.6 Å². The van der Waals surface area contributed by atoms with E-state index in [4.69, 9.17) is 4.74 Å². The summed E-state index contributed by atoms with van der Waals surface area (Å²) in [4.78, 5) is 0. The number of ether oxygens (including phenoxy) is 2. The van der Waals surface area contributed by atoms with Crippen LogP contribution in [0.2, 0.25) is 0 Å². The maximum absolute atomic E-state index is 12.4. The molecule has 0 heterocycles. The van der Waals surface area contributed by atoms with Gasteiger partial charge in [-0.15, -0.1) is 13.2 Å².